The summed E-state index contributed by atoms with van der Waals surface area (Å²) in [5.41, 5.74) is 0.548. The number of fused-ring (bicyclic) bond motifs is 1. The number of rotatable bonds is 6. The van der Waals surface area contributed by atoms with E-state index in [1.165, 1.54) is 0 Å². The third-order valence-corrected chi connectivity index (χ3v) is 4.90. The van der Waals surface area contributed by atoms with Gasteiger partial charge in [-0.25, -0.2) is 0 Å². The Balaban J connectivity index is 1.56. The molecule has 0 unspecified atom stereocenters. The summed E-state index contributed by atoms with van der Waals surface area (Å²) in [5, 5.41) is 12.1. The van der Waals surface area contributed by atoms with Crippen LogP contribution in [0.3, 0.4) is 0 Å². The van der Waals surface area contributed by atoms with Crippen LogP contribution in [0.5, 0.6) is 11.5 Å². The van der Waals surface area contributed by atoms with E-state index >= 15 is 0 Å². The average Bonchev–Trinajstić information content (AvgIpc) is 3.00. The summed E-state index contributed by atoms with van der Waals surface area (Å²) in [5.74, 6) is 0.500. The van der Waals surface area contributed by atoms with Gasteiger partial charge in [0.2, 0.25) is 12.7 Å². The second-order valence-electron chi connectivity index (χ2n) is 6.77. The second-order valence-corrected chi connectivity index (χ2v) is 6.77. The van der Waals surface area contributed by atoms with Crippen LogP contribution < -0.4 is 14.8 Å². The molecular weight excluding hydrogens is 310 g/mol. The van der Waals surface area contributed by atoms with E-state index in [0.29, 0.717) is 18.0 Å². The van der Waals surface area contributed by atoms with Crippen molar-refractivity contribution < 1.29 is 24.2 Å². The topological polar surface area (TPSA) is 84.9 Å². The molecule has 1 saturated carbocycles. The first-order chi connectivity index (χ1) is 11.6. The summed E-state index contributed by atoms with van der Waals surface area (Å²) in [6, 6.07) is 5.58. The smallest absolute Gasteiger partial charge is 0.303 e. The van der Waals surface area contributed by atoms with Crippen molar-refractivity contribution in [2.75, 3.05) is 6.79 Å². The minimum atomic E-state index is -0.819. The van der Waals surface area contributed by atoms with E-state index in [0.717, 1.165) is 37.7 Å². The molecule has 1 aliphatic heterocycles. The van der Waals surface area contributed by atoms with Gasteiger partial charge >= 0.3 is 5.97 Å². The van der Waals surface area contributed by atoms with Crippen molar-refractivity contribution in [1.29, 1.82) is 0 Å². The number of carboxylic acids is 1. The van der Waals surface area contributed by atoms with Crippen molar-refractivity contribution in [2.24, 2.45) is 5.41 Å². The Morgan fingerprint density at radius 3 is 2.58 bits per heavy atom. The minimum absolute atomic E-state index is 0.0739. The fourth-order valence-electron chi connectivity index (χ4n) is 3.69. The van der Waals surface area contributed by atoms with Gasteiger partial charge in [-0.1, -0.05) is 25.3 Å². The molecule has 0 aromatic heterocycles. The lowest BCUT2D eigenvalue weighted by molar-refractivity contribution is -0.141. The molecule has 0 spiro atoms. The molecule has 1 aliphatic carbocycles. The van der Waals surface area contributed by atoms with Crippen LogP contribution in [-0.4, -0.2) is 23.8 Å². The quantitative estimate of drug-likeness (QED) is 0.836. The van der Waals surface area contributed by atoms with Crippen LogP contribution in [0.4, 0.5) is 0 Å². The second kappa shape index (κ2) is 7.11. The van der Waals surface area contributed by atoms with Gasteiger partial charge in [-0.3, -0.25) is 9.59 Å². The number of aliphatic carboxylic acids is 1. The first-order valence-corrected chi connectivity index (χ1v) is 8.43. The minimum Gasteiger partial charge on any atom is -0.481 e. The maximum absolute atomic E-state index is 12.3. The van der Waals surface area contributed by atoms with E-state index in [-0.39, 0.29) is 31.0 Å². The van der Waals surface area contributed by atoms with Crippen LogP contribution in [0.25, 0.3) is 0 Å². The molecule has 1 heterocycles. The highest BCUT2D eigenvalue weighted by atomic mass is 16.7. The van der Waals surface area contributed by atoms with Gasteiger partial charge in [0, 0.05) is 13.0 Å². The lowest BCUT2D eigenvalue weighted by Crippen LogP contribution is -2.35. The van der Waals surface area contributed by atoms with Crippen molar-refractivity contribution in [3.8, 4) is 11.5 Å². The van der Waals surface area contributed by atoms with Gasteiger partial charge in [-0.05, 0) is 36.0 Å². The van der Waals surface area contributed by atoms with E-state index in [9.17, 15) is 14.7 Å². The molecule has 1 fully saturated rings. The normalized spacial score (nSPS) is 18.2. The van der Waals surface area contributed by atoms with Gasteiger partial charge in [-0.15, -0.1) is 0 Å². The molecule has 0 bridgehead atoms. The number of ether oxygens (including phenoxy) is 2. The Hall–Kier alpha value is -2.24. The number of hydrogen-bond donors (Lipinski definition) is 2. The highest BCUT2D eigenvalue weighted by Gasteiger charge is 2.36. The van der Waals surface area contributed by atoms with Gasteiger partial charge in [0.25, 0.3) is 0 Å². The zero-order chi connectivity index (χ0) is 17.0. The molecule has 130 valence electrons. The van der Waals surface area contributed by atoms with Crippen LogP contribution >= 0.6 is 0 Å². The standard InChI is InChI=1S/C18H23NO5/c20-16(9-18(10-17(21)22)6-2-1-3-7-18)19-11-13-4-5-14-15(8-13)24-12-23-14/h4-5,8H,1-3,6-7,9-12H2,(H,19,20)(H,21,22). The van der Waals surface area contributed by atoms with E-state index in [1.807, 2.05) is 18.2 Å². The number of nitrogens with one attached hydrogen (secondary N) is 1. The van der Waals surface area contributed by atoms with Crippen molar-refractivity contribution >= 4 is 11.9 Å². The summed E-state index contributed by atoms with van der Waals surface area (Å²) in [4.78, 5) is 23.5. The third kappa shape index (κ3) is 3.99. The summed E-state index contributed by atoms with van der Waals surface area (Å²) in [6.45, 7) is 0.626. The molecule has 1 amide bonds. The molecule has 2 aliphatic rings. The van der Waals surface area contributed by atoms with E-state index < -0.39 is 5.97 Å². The van der Waals surface area contributed by atoms with Gasteiger partial charge in [0.1, 0.15) is 0 Å². The molecule has 24 heavy (non-hydrogen) atoms. The van der Waals surface area contributed by atoms with Crippen LogP contribution in [-0.2, 0) is 16.1 Å². The van der Waals surface area contributed by atoms with Gasteiger partial charge in [0.15, 0.2) is 11.5 Å². The fourth-order valence-corrected chi connectivity index (χ4v) is 3.69. The number of carbonyl (C=O) groups excluding carboxylic acids is 1. The first kappa shape index (κ1) is 16.6. The molecule has 3 rings (SSSR count). The highest BCUT2D eigenvalue weighted by Crippen LogP contribution is 2.42. The Bertz CT molecular complexity index is 622. The molecule has 1 aromatic rings. The number of carboxylic acid groups (broad SMARTS) is 1. The van der Waals surface area contributed by atoms with Crippen LogP contribution in [0, 0.1) is 5.41 Å². The Kier molecular flexibility index (Phi) is 4.92. The largest absolute Gasteiger partial charge is 0.481 e. The monoisotopic (exact) mass is 333 g/mol. The summed E-state index contributed by atoms with van der Waals surface area (Å²) < 4.78 is 10.6. The predicted octanol–water partition coefficient (Wildman–Crippen LogP) is 2.85. The summed E-state index contributed by atoms with van der Waals surface area (Å²) >= 11 is 0. The zero-order valence-electron chi connectivity index (χ0n) is 13.7. The lowest BCUT2D eigenvalue weighted by atomic mass is 9.69. The fraction of sp³-hybridized carbons (Fsp3) is 0.556. The van der Waals surface area contributed by atoms with Crippen molar-refractivity contribution in [2.45, 2.75) is 51.5 Å². The Labute approximate surface area is 141 Å². The molecule has 6 heteroatoms. The lowest BCUT2D eigenvalue weighted by Gasteiger charge is -2.35. The maximum Gasteiger partial charge on any atom is 0.303 e. The number of benzene rings is 1. The maximum atomic E-state index is 12.3. The van der Waals surface area contributed by atoms with E-state index in [2.05, 4.69) is 5.32 Å². The SMILES string of the molecule is O=C(O)CC1(CC(=O)NCc2ccc3c(c2)OCO3)CCCCC1. The molecule has 0 radical (unpaired) electrons. The van der Waals surface area contributed by atoms with Crippen molar-refractivity contribution in [3.05, 3.63) is 23.8 Å². The molecular formula is C18H23NO5. The molecule has 6 nitrogen and oxygen atoms in total. The van der Waals surface area contributed by atoms with Crippen LogP contribution in [0.2, 0.25) is 0 Å². The van der Waals surface area contributed by atoms with E-state index in [1.54, 1.807) is 0 Å². The first-order valence-electron chi connectivity index (χ1n) is 8.43. The highest BCUT2D eigenvalue weighted by molar-refractivity contribution is 5.78. The predicted molar refractivity (Wildman–Crippen MR) is 86.8 cm³/mol. The van der Waals surface area contributed by atoms with Gasteiger partial charge < -0.3 is 19.9 Å². The molecule has 0 saturated heterocycles. The Morgan fingerprint density at radius 2 is 1.83 bits per heavy atom. The molecule has 0 atom stereocenters. The van der Waals surface area contributed by atoms with E-state index in [4.69, 9.17) is 9.47 Å². The molecule has 2 N–H and O–H groups in total. The summed E-state index contributed by atoms with van der Waals surface area (Å²) in [7, 11) is 0. The van der Waals surface area contributed by atoms with Gasteiger partial charge in [-0.2, -0.15) is 0 Å². The number of amides is 1. The number of carbonyl (C=O) groups is 2. The van der Waals surface area contributed by atoms with Crippen molar-refractivity contribution in [3.63, 3.8) is 0 Å². The zero-order valence-corrected chi connectivity index (χ0v) is 13.7. The third-order valence-electron chi connectivity index (χ3n) is 4.90. The van der Waals surface area contributed by atoms with Crippen LogP contribution in [0.15, 0.2) is 18.2 Å². The van der Waals surface area contributed by atoms with Crippen molar-refractivity contribution in [1.82, 2.24) is 5.32 Å². The Morgan fingerprint density at radius 1 is 1.08 bits per heavy atom. The van der Waals surface area contributed by atoms with Crippen LogP contribution in [0.1, 0.15) is 50.5 Å². The molecule has 1 aromatic carbocycles. The summed E-state index contributed by atoms with van der Waals surface area (Å²) in [6.07, 6.45) is 5.12. The number of hydrogen-bond acceptors (Lipinski definition) is 4. The van der Waals surface area contributed by atoms with Gasteiger partial charge in [0.05, 0.1) is 6.42 Å². The average molecular weight is 333 g/mol.